The van der Waals surface area contributed by atoms with Gasteiger partial charge in [0.05, 0.1) is 0 Å². The molecule has 0 radical (unpaired) electrons. The van der Waals surface area contributed by atoms with Crippen LogP contribution in [-0.4, -0.2) is 0 Å². The third-order valence-corrected chi connectivity index (χ3v) is 3.07. The van der Waals surface area contributed by atoms with E-state index >= 15 is 0 Å². The van der Waals surface area contributed by atoms with Gasteiger partial charge < -0.3 is 0 Å². The fourth-order valence-electron chi connectivity index (χ4n) is 2.08. The Kier molecular flexibility index (Phi) is 3.35. The fourth-order valence-corrected chi connectivity index (χ4v) is 2.08. The first-order valence-corrected chi connectivity index (χ1v) is 5.40. The van der Waals surface area contributed by atoms with Crippen molar-refractivity contribution >= 4 is 0 Å². The van der Waals surface area contributed by atoms with Crippen molar-refractivity contribution in [1.82, 2.24) is 0 Å². The first-order chi connectivity index (χ1) is 6.02. The van der Waals surface area contributed by atoms with E-state index in [4.69, 9.17) is 0 Å². The largest absolute Gasteiger partial charge is 0.0732 e. The van der Waals surface area contributed by atoms with Gasteiger partial charge in [-0.25, -0.2) is 0 Å². The van der Waals surface area contributed by atoms with Crippen LogP contribution in [0.5, 0.6) is 0 Å². The van der Waals surface area contributed by atoms with Crippen molar-refractivity contribution in [2.45, 2.75) is 47.5 Å². The molecule has 0 nitrogen and oxygen atoms in total. The van der Waals surface area contributed by atoms with E-state index in [0.29, 0.717) is 5.92 Å². The molecule has 0 saturated carbocycles. The molecular formula is C13H22. The molecule has 0 bridgehead atoms. The molecule has 1 aliphatic rings. The summed E-state index contributed by atoms with van der Waals surface area (Å²) >= 11 is 0. The zero-order valence-corrected chi connectivity index (χ0v) is 9.65. The molecule has 0 heteroatoms. The summed E-state index contributed by atoms with van der Waals surface area (Å²) in [6, 6.07) is 0. The lowest BCUT2D eigenvalue weighted by Gasteiger charge is -2.25. The highest BCUT2D eigenvalue weighted by Gasteiger charge is 2.17. The van der Waals surface area contributed by atoms with Crippen LogP contribution in [0.2, 0.25) is 0 Å². The highest BCUT2D eigenvalue weighted by atomic mass is 14.2. The van der Waals surface area contributed by atoms with Gasteiger partial charge in [-0.05, 0) is 44.1 Å². The lowest BCUT2D eigenvalue weighted by molar-refractivity contribution is 0.526. The molecule has 1 unspecified atom stereocenters. The topological polar surface area (TPSA) is 0 Å². The molecule has 74 valence electrons. The van der Waals surface area contributed by atoms with Crippen LogP contribution in [0, 0.1) is 11.8 Å². The Morgan fingerprint density at radius 1 is 1.38 bits per heavy atom. The van der Waals surface area contributed by atoms with E-state index in [9.17, 15) is 0 Å². The zero-order valence-electron chi connectivity index (χ0n) is 9.65. The monoisotopic (exact) mass is 178 g/mol. The first kappa shape index (κ1) is 10.6. The Labute approximate surface area is 82.7 Å². The molecule has 0 aromatic carbocycles. The summed E-state index contributed by atoms with van der Waals surface area (Å²) in [5.74, 6) is 1.51. The minimum Gasteiger partial charge on any atom is -0.0732 e. The van der Waals surface area contributed by atoms with E-state index in [1.807, 2.05) is 0 Å². The SMILES string of the molecule is CC(C)=C1C=C(C(C)C)C(C)CC1. The maximum atomic E-state index is 2.44. The maximum Gasteiger partial charge on any atom is -0.0223 e. The van der Waals surface area contributed by atoms with E-state index in [0.717, 1.165) is 5.92 Å². The van der Waals surface area contributed by atoms with E-state index in [1.54, 1.807) is 11.1 Å². The third-order valence-electron chi connectivity index (χ3n) is 3.07. The van der Waals surface area contributed by atoms with E-state index in [2.05, 4.69) is 40.7 Å². The second-order valence-electron chi connectivity index (χ2n) is 4.76. The Hall–Kier alpha value is -0.520. The Bertz CT molecular complexity index is 237. The van der Waals surface area contributed by atoms with Crippen molar-refractivity contribution in [2.24, 2.45) is 11.8 Å². The molecule has 13 heavy (non-hydrogen) atoms. The number of rotatable bonds is 1. The van der Waals surface area contributed by atoms with Gasteiger partial charge in [0.1, 0.15) is 0 Å². The summed E-state index contributed by atoms with van der Waals surface area (Å²) in [5, 5.41) is 0. The molecule has 0 N–H and O–H groups in total. The second-order valence-corrected chi connectivity index (χ2v) is 4.76. The molecule has 1 rings (SSSR count). The van der Waals surface area contributed by atoms with Crippen LogP contribution in [0.1, 0.15) is 47.5 Å². The standard InChI is InChI=1S/C13H22/c1-9(2)12-7-6-11(5)13(8-12)10(3)4/h8,10-11H,6-7H2,1-5H3. The molecule has 1 aliphatic carbocycles. The average Bonchev–Trinajstić information content (AvgIpc) is 2.04. The molecule has 0 aromatic rings. The van der Waals surface area contributed by atoms with Crippen molar-refractivity contribution in [3.63, 3.8) is 0 Å². The van der Waals surface area contributed by atoms with Gasteiger partial charge in [-0.2, -0.15) is 0 Å². The summed E-state index contributed by atoms with van der Waals surface area (Å²) in [5.41, 5.74) is 4.70. The number of hydrogen-bond acceptors (Lipinski definition) is 0. The van der Waals surface area contributed by atoms with Crippen molar-refractivity contribution in [2.75, 3.05) is 0 Å². The smallest absolute Gasteiger partial charge is 0.0223 e. The van der Waals surface area contributed by atoms with Gasteiger partial charge in [0.15, 0.2) is 0 Å². The van der Waals surface area contributed by atoms with Gasteiger partial charge in [0.2, 0.25) is 0 Å². The van der Waals surface area contributed by atoms with Gasteiger partial charge >= 0.3 is 0 Å². The molecule has 0 heterocycles. The summed E-state index contributed by atoms with van der Waals surface area (Å²) < 4.78 is 0. The lowest BCUT2D eigenvalue weighted by atomic mass is 9.80. The normalized spacial score (nSPS) is 23.4. The van der Waals surface area contributed by atoms with Crippen molar-refractivity contribution in [3.8, 4) is 0 Å². The zero-order chi connectivity index (χ0) is 10.0. The number of allylic oxidation sites excluding steroid dienone is 4. The Balaban J connectivity index is 2.95. The van der Waals surface area contributed by atoms with Gasteiger partial charge in [-0.3, -0.25) is 0 Å². The summed E-state index contributed by atoms with van der Waals surface area (Å²) in [7, 11) is 0. The van der Waals surface area contributed by atoms with Crippen LogP contribution in [0.25, 0.3) is 0 Å². The lowest BCUT2D eigenvalue weighted by Crippen LogP contribution is -2.11. The van der Waals surface area contributed by atoms with Gasteiger partial charge in [0, 0.05) is 0 Å². The van der Waals surface area contributed by atoms with Gasteiger partial charge in [-0.1, -0.05) is 38.0 Å². The highest BCUT2D eigenvalue weighted by Crippen LogP contribution is 2.33. The van der Waals surface area contributed by atoms with Crippen LogP contribution in [0.4, 0.5) is 0 Å². The molecule has 1 atom stereocenters. The molecule has 0 saturated heterocycles. The molecule has 0 amide bonds. The van der Waals surface area contributed by atoms with E-state index in [-0.39, 0.29) is 0 Å². The fraction of sp³-hybridized carbons (Fsp3) is 0.692. The molecular weight excluding hydrogens is 156 g/mol. The average molecular weight is 178 g/mol. The van der Waals surface area contributed by atoms with Crippen LogP contribution in [-0.2, 0) is 0 Å². The molecule has 0 fully saturated rings. The van der Waals surface area contributed by atoms with Crippen molar-refractivity contribution in [1.29, 1.82) is 0 Å². The minimum absolute atomic E-state index is 0.713. The molecule has 0 aromatic heterocycles. The number of hydrogen-bond donors (Lipinski definition) is 0. The molecule has 0 aliphatic heterocycles. The van der Waals surface area contributed by atoms with Gasteiger partial charge in [-0.15, -0.1) is 0 Å². The van der Waals surface area contributed by atoms with Crippen molar-refractivity contribution < 1.29 is 0 Å². The molecule has 0 spiro atoms. The Morgan fingerprint density at radius 3 is 2.46 bits per heavy atom. The van der Waals surface area contributed by atoms with Gasteiger partial charge in [0.25, 0.3) is 0 Å². The third kappa shape index (κ3) is 2.46. The van der Waals surface area contributed by atoms with E-state index in [1.165, 1.54) is 18.4 Å². The quantitative estimate of drug-likeness (QED) is 0.560. The summed E-state index contributed by atoms with van der Waals surface area (Å²) in [4.78, 5) is 0. The Morgan fingerprint density at radius 2 is 2.00 bits per heavy atom. The van der Waals surface area contributed by atoms with E-state index < -0.39 is 0 Å². The predicted octanol–water partition coefficient (Wildman–Crippen LogP) is 4.34. The second kappa shape index (κ2) is 4.13. The predicted molar refractivity (Wildman–Crippen MR) is 59.7 cm³/mol. The highest BCUT2D eigenvalue weighted by molar-refractivity contribution is 5.32. The summed E-state index contributed by atoms with van der Waals surface area (Å²) in [6.45, 7) is 11.4. The van der Waals surface area contributed by atoms with Crippen LogP contribution in [0.15, 0.2) is 22.8 Å². The minimum atomic E-state index is 0.713. The van der Waals surface area contributed by atoms with Crippen LogP contribution in [0.3, 0.4) is 0 Å². The maximum absolute atomic E-state index is 2.44. The van der Waals surface area contributed by atoms with Crippen LogP contribution >= 0.6 is 0 Å². The first-order valence-electron chi connectivity index (χ1n) is 5.40. The van der Waals surface area contributed by atoms with Crippen LogP contribution < -0.4 is 0 Å². The van der Waals surface area contributed by atoms with Crippen molar-refractivity contribution in [3.05, 3.63) is 22.8 Å². The summed E-state index contributed by atoms with van der Waals surface area (Å²) in [6.07, 6.45) is 5.05.